The van der Waals surface area contributed by atoms with Gasteiger partial charge in [-0.3, -0.25) is 4.57 Å². The lowest BCUT2D eigenvalue weighted by atomic mass is 10.1. The molecule has 6 nitrogen and oxygen atoms in total. The Bertz CT molecular complexity index is 708. The van der Waals surface area contributed by atoms with Gasteiger partial charge in [0, 0.05) is 6.42 Å². The molecule has 2 rings (SSSR count). The number of nitrogens with one attached hydrogen (secondary N) is 1. The van der Waals surface area contributed by atoms with Gasteiger partial charge in [-0.2, -0.15) is 0 Å². The highest BCUT2D eigenvalue weighted by Crippen LogP contribution is 2.47. The minimum absolute atomic E-state index is 0.0693. The summed E-state index contributed by atoms with van der Waals surface area (Å²) in [4.78, 5) is 22.2. The number of benzene rings is 2. The number of alkyl carbamates (subject to hydrolysis) is 1. The third-order valence-corrected chi connectivity index (χ3v) is 5.20. The van der Waals surface area contributed by atoms with Gasteiger partial charge in [0.05, 0.1) is 6.61 Å². The van der Waals surface area contributed by atoms with Crippen LogP contribution in [-0.4, -0.2) is 23.4 Å². The first-order valence-electron chi connectivity index (χ1n) is 7.99. The van der Waals surface area contributed by atoms with Gasteiger partial charge in [0.1, 0.15) is 12.4 Å². The maximum Gasteiger partial charge on any atom is 0.408 e. The minimum Gasteiger partial charge on any atom is -0.445 e. The predicted molar refractivity (Wildman–Crippen MR) is 95.1 cm³/mol. The molecule has 0 aromatic heterocycles. The second kappa shape index (κ2) is 9.37. The summed E-state index contributed by atoms with van der Waals surface area (Å²) in [5, 5.41) is 2.46. The van der Waals surface area contributed by atoms with E-state index in [-0.39, 0.29) is 19.6 Å². The Morgan fingerprint density at radius 3 is 2.20 bits per heavy atom. The van der Waals surface area contributed by atoms with Gasteiger partial charge >= 0.3 is 13.7 Å². The fourth-order valence-electron chi connectivity index (χ4n) is 2.26. The van der Waals surface area contributed by atoms with Crippen molar-refractivity contribution in [3.63, 3.8) is 0 Å². The Morgan fingerprint density at radius 1 is 1.08 bits per heavy atom. The first-order valence-corrected chi connectivity index (χ1v) is 9.64. The smallest absolute Gasteiger partial charge is 0.408 e. The number of ether oxygens (including phenoxy) is 1. The molecular formula is C18H22NO5P. The van der Waals surface area contributed by atoms with Crippen LogP contribution < -0.4 is 5.32 Å². The third kappa shape index (κ3) is 6.35. The number of amides is 1. The maximum atomic E-state index is 12.4. The van der Waals surface area contributed by atoms with Crippen LogP contribution in [-0.2, 0) is 26.9 Å². The summed E-state index contributed by atoms with van der Waals surface area (Å²) in [6, 6.07) is 18.3. The van der Waals surface area contributed by atoms with E-state index in [1.807, 2.05) is 60.7 Å². The molecule has 0 aliphatic carbocycles. The Hall–Kier alpha value is -2.14. The van der Waals surface area contributed by atoms with Crippen LogP contribution in [0.5, 0.6) is 0 Å². The lowest BCUT2D eigenvalue weighted by Gasteiger charge is -2.23. The molecule has 7 heteroatoms. The van der Waals surface area contributed by atoms with Crippen LogP contribution >= 0.6 is 7.60 Å². The zero-order valence-corrected chi connectivity index (χ0v) is 14.9. The molecule has 2 N–H and O–H groups in total. The number of carbonyl (C=O) groups excluding carboxylic acids is 1. The standard InChI is InChI=1S/C18H22NO5P/c1-2-24-25(21,22)17(13-15-9-5-3-6-10-15)19-18(20)23-14-16-11-7-4-8-12-16/h3-12,17H,2,13-14H2,1H3,(H,19,20)(H,21,22). The Morgan fingerprint density at radius 2 is 1.64 bits per heavy atom. The van der Waals surface area contributed by atoms with Gasteiger partial charge in [0.15, 0.2) is 0 Å². The van der Waals surface area contributed by atoms with Crippen molar-refractivity contribution in [2.24, 2.45) is 0 Å². The summed E-state index contributed by atoms with van der Waals surface area (Å²) >= 11 is 0. The first kappa shape index (κ1) is 19.2. The van der Waals surface area contributed by atoms with Gasteiger partial charge < -0.3 is 19.5 Å². The highest BCUT2D eigenvalue weighted by Gasteiger charge is 2.34. The molecule has 0 heterocycles. The number of rotatable bonds is 8. The van der Waals surface area contributed by atoms with Crippen LogP contribution in [0.1, 0.15) is 18.1 Å². The SMILES string of the molecule is CCOP(=O)(O)C(Cc1ccccc1)NC(=O)OCc1ccccc1. The van der Waals surface area contributed by atoms with Crippen molar-refractivity contribution in [3.05, 3.63) is 71.8 Å². The van der Waals surface area contributed by atoms with Crippen LogP contribution in [0.4, 0.5) is 4.79 Å². The number of carbonyl (C=O) groups is 1. The second-order valence-electron chi connectivity index (χ2n) is 5.39. The molecule has 2 unspecified atom stereocenters. The quantitative estimate of drug-likeness (QED) is 0.699. The van der Waals surface area contributed by atoms with Crippen molar-refractivity contribution in [1.82, 2.24) is 5.32 Å². The Labute approximate surface area is 147 Å². The lowest BCUT2D eigenvalue weighted by molar-refractivity contribution is 0.136. The minimum atomic E-state index is -4.03. The predicted octanol–water partition coefficient (Wildman–Crippen LogP) is 3.70. The van der Waals surface area contributed by atoms with Crippen LogP contribution in [0, 0.1) is 0 Å². The van der Waals surface area contributed by atoms with E-state index in [4.69, 9.17) is 9.26 Å². The topological polar surface area (TPSA) is 84.9 Å². The lowest BCUT2D eigenvalue weighted by Crippen LogP contribution is -2.37. The van der Waals surface area contributed by atoms with Gasteiger partial charge in [-0.25, -0.2) is 4.79 Å². The molecule has 0 saturated heterocycles. The average molecular weight is 363 g/mol. The zero-order valence-electron chi connectivity index (χ0n) is 14.0. The number of hydrogen-bond donors (Lipinski definition) is 2. The van der Waals surface area contributed by atoms with E-state index in [2.05, 4.69) is 5.32 Å². The maximum absolute atomic E-state index is 12.4. The molecular weight excluding hydrogens is 341 g/mol. The highest BCUT2D eigenvalue weighted by molar-refractivity contribution is 7.53. The molecule has 0 fully saturated rings. The van der Waals surface area contributed by atoms with Crippen molar-refractivity contribution in [1.29, 1.82) is 0 Å². The summed E-state index contributed by atoms with van der Waals surface area (Å²) in [6.07, 6.45) is -0.603. The second-order valence-corrected chi connectivity index (χ2v) is 7.40. The molecule has 2 aromatic carbocycles. The van der Waals surface area contributed by atoms with Crippen molar-refractivity contribution < 1.29 is 23.5 Å². The largest absolute Gasteiger partial charge is 0.445 e. The summed E-state index contributed by atoms with van der Waals surface area (Å²) in [6.45, 7) is 1.77. The van der Waals surface area contributed by atoms with Crippen LogP contribution in [0.25, 0.3) is 0 Å². The number of hydrogen-bond acceptors (Lipinski definition) is 4. The van der Waals surface area contributed by atoms with Crippen molar-refractivity contribution >= 4 is 13.7 Å². The molecule has 0 aliphatic rings. The molecule has 2 atom stereocenters. The van der Waals surface area contributed by atoms with E-state index in [1.54, 1.807) is 6.92 Å². The summed E-state index contributed by atoms with van der Waals surface area (Å²) in [5.74, 6) is -1.09. The third-order valence-electron chi connectivity index (χ3n) is 3.48. The van der Waals surface area contributed by atoms with Gasteiger partial charge in [0.25, 0.3) is 0 Å². The van der Waals surface area contributed by atoms with Gasteiger partial charge in [-0.15, -0.1) is 0 Å². The Kier molecular flexibility index (Phi) is 7.19. The Balaban J connectivity index is 2.01. The van der Waals surface area contributed by atoms with E-state index < -0.39 is 19.5 Å². The monoisotopic (exact) mass is 363 g/mol. The molecule has 134 valence electrons. The molecule has 0 spiro atoms. The van der Waals surface area contributed by atoms with Gasteiger partial charge in [-0.05, 0) is 18.1 Å². The van der Waals surface area contributed by atoms with E-state index in [0.29, 0.717) is 0 Å². The summed E-state index contributed by atoms with van der Waals surface area (Å²) in [5.41, 5.74) is 1.64. The summed E-state index contributed by atoms with van der Waals surface area (Å²) in [7, 11) is -4.03. The molecule has 0 bridgehead atoms. The molecule has 25 heavy (non-hydrogen) atoms. The van der Waals surface area contributed by atoms with E-state index in [0.717, 1.165) is 11.1 Å². The van der Waals surface area contributed by atoms with Crippen molar-refractivity contribution in [2.45, 2.75) is 25.7 Å². The molecule has 0 radical (unpaired) electrons. The molecule has 1 amide bonds. The van der Waals surface area contributed by atoms with Crippen molar-refractivity contribution in [2.75, 3.05) is 6.61 Å². The van der Waals surface area contributed by atoms with E-state index in [1.165, 1.54) is 0 Å². The normalized spacial score (nSPS) is 14.3. The van der Waals surface area contributed by atoms with Crippen molar-refractivity contribution in [3.8, 4) is 0 Å². The molecule has 2 aromatic rings. The molecule has 0 aliphatic heterocycles. The van der Waals surface area contributed by atoms with Crippen LogP contribution in [0.3, 0.4) is 0 Å². The zero-order chi connectivity index (χ0) is 18.1. The van der Waals surface area contributed by atoms with E-state index >= 15 is 0 Å². The van der Waals surface area contributed by atoms with E-state index in [9.17, 15) is 14.3 Å². The van der Waals surface area contributed by atoms with Crippen LogP contribution in [0.2, 0.25) is 0 Å². The highest BCUT2D eigenvalue weighted by atomic mass is 31.2. The fourth-order valence-corrected chi connectivity index (χ4v) is 3.52. The van der Waals surface area contributed by atoms with Gasteiger partial charge in [-0.1, -0.05) is 60.7 Å². The summed E-state index contributed by atoms with van der Waals surface area (Å²) < 4.78 is 22.5. The van der Waals surface area contributed by atoms with Crippen LogP contribution in [0.15, 0.2) is 60.7 Å². The fraction of sp³-hybridized carbons (Fsp3) is 0.278. The average Bonchev–Trinajstić information content (AvgIpc) is 2.61. The first-order chi connectivity index (χ1) is 12.0. The van der Waals surface area contributed by atoms with Gasteiger partial charge in [0.2, 0.25) is 0 Å². The molecule has 0 saturated carbocycles.